The van der Waals surface area contributed by atoms with Crippen LogP contribution in [0, 0.1) is 0 Å². The van der Waals surface area contributed by atoms with E-state index in [1.165, 1.54) is 20.3 Å². The zero-order valence-corrected chi connectivity index (χ0v) is 26.8. The summed E-state index contributed by atoms with van der Waals surface area (Å²) in [5, 5.41) is 77.6. The van der Waals surface area contributed by atoms with Crippen molar-refractivity contribution >= 4 is 0 Å². The fourth-order valence-electron chi connectivity index (χ4n) is 7.42. The van der Waals surface area contributed by atoms with Gasteiger partial charge in [-0.3, -0.25) is 0 Å². The molecule has 0 bridgehead atoms. The molecule has 0 aliphatic heterocycles. The summed E-state index contributed by atoms with van der Waals surface area (Å²) in [7, 11) is 3.05. The lowest BCUT2D eigenvalue weighted by molar-refractivity contribution is -0.407. The van der Waals surface area contributed by atoms with Crippen molar-refractivity contribution in [2.24, 2.45) is 0 Å². The van der Waals surface area contributed by atoms with E-state index in [4.69, 9.17) is 9.47 Å². The Balaban J connectivity index is 1.82. The molecule has 0 aromatic heterocycles. The molecule has 0 unspecified atom stereocenters. The average Bonchev–Trinajstić information content (AvgIpc) is 3.08. The maximum atomic E-state index is 13.4. The van der Waals surface area contributed by atoms with Crippen molar-refractivity contribution < 1.29 is 40.1 Å². The van der Waals surface area contributed by atoms with Gasteiger partial charge in [0, 0.05) is 25.7 Å². The Hall–Kier alpha value is -4.02. The van der Waals surface area contributed by atoms with Gasteiger partial charge in [-0.25, -0.2) is 0 Å². The first-order valence-electron chi connectivity index (χ1n) is 15.6. The summed E-state index contributed by atoms with van der Waals surface area (Å²) in [4.78, 5) is 0. The molecule has 8 heteroatoms. The first-order chi connectivity index (χ1) is 22.4. The minimum Gasteiger partial charge on any atom is -0.497 e. The van der Waals surface area contributed by atoms with Crippen LogP contribution >= 0.6 is 0 Å². The molecular weight excluding hydrogens is 596 g/mol. The van der Waals surface area contributed by atoms with Crippen molar-refractivity contribution in [3.05, 3.63) is 144 Å². The first-order valence-corrected chi connectivity index (χ1v) is 15.6. The van der Waals surface area contributed by atoms with Crippen LogP contribution in [-0.2, 0) is 25.7 Å². The van der Waals surface area contributed by atoms with Crippen molar-refractivity contribution in [2.75, 3.05) is 14.2 Å². The number of hydrogen-bond acceptors (Lipinski definition) is 8. The summed E-state index contributed by atoms with van der Waals surface area (Å²) in [6.07, 6.45) is -2.85. The predicted molar refractivity (Wildman–Crippen MR) is 179 cm³/mol. The van der Waals surface area contributed by atoms with E-state index in [2.05, 4.69) is 6.58 Å². The molecule has 4 aromatic carbocycles. The van der Waals surface area contributed by atoms with Crippen LogP contribution in [0.5, 0.6) is 11.5 Å². The van der Waals surface area contributed by atoms with Crippen molar-refractivity contribution in [1.29, 1.82) is 0 Å². The van der Waals surface area contributed by atoms with E-state index in [9.17, 15) is 30.6 Å². The molecule has 0 heterocycles. The smallest absolute Gasteiger partial charge is 0.132 e. The Morgan fingerprint density at radius 3 is 1.30 bits per heavy atom. The van der Waals surface area contributed by atoms with Crippen LogP contribution in [0.25, 0.3) is 0 Å². The van der Waals surface area contributed by atoms with E-state index in [1.54, 1.807) is 109 Å². The SMILES string of the molecule is C=CC[C@]1(O)[C@@H](O)[C@](O)(Cc2ccc(OC)cc2)[C@@](O)(Cc2ccc(OC)cc2)[C@](O)(Cc2ccccc2)[C@@]1(O)Cc1ccccc1. The Morgan fingerprint density at radius 2 is 0.894 bits per heavy atom. The second kappa shape index (κ2) is 13.2. The molecule has 1 fully saturated rings. The van der Waals surface area contributed by atoms with Crippen LogP contribution in [0.2, 0.25) is 0 Å². The molecule has 1 aliphatic carbocycles. The number of hydrogen-bond donors (Lipinski definition) is 6. The zero-order chi connectivity index (χ0) is 33.9. The van der Waals surface area contributed by atoms with E-state index in [1.807, 2.05) is 0 Å². The van der Waals surface area contributed by atoms with Crippen LogP contribution in [-0.4, -0.2) is 79.0 Å². The molecule has 6 N–H and O–H groups in total. The molecule has 47 heavy (non-hydrogen) atoms. The second-order valence-corrected chi connectivity index (χ2v) is 12.7. The number of benzene rings is 4. The summed E-state index contributed by atoms with van der Waals surface area (Å²) in [5.41, 5.74) is -11.2. The fraction of sp³-hybridized carbons (Fsp3) is 0.333. The van der Waals surface area contributed by atoms with Crippen LogP contribution < -0.4 is 9.47 Å². The minimum atomic E-state index is -2.69. The van der Waals surface area contributed by atoms with Gasteiger partial charge in [0.2, 0.25) is 0 Å². The van der Waals surface area contributed by atoms with E-state index < -0.39 is 53.4 Å². The van der Waals surface area contributed by atoms with Gasteiger partial charge in [0.15, 0.2) is 0 Å². The third-order valence-corrected chi connectivity index (χ3v) is 10.0. The van der Waals surface area contributed by atoms with Gasteiger partial charge in [0.05, 0.1) is 14.2 Å². The Bertz CT molecular complexity index is 1630. The van der Waals surface area contributed by atoms with Gasteiger partial charge >= 0.3 is 0 Å². The van der Waals surface area contributed by atoms with Crippen molar-refractivity contribution in [2.45, 2.75) is 66.2 Å². The Morgan fingerprint density at radius 1 is 0.532 bits per heavy atom. The lowest BCUT2D eigenvalue weighted by Crippen LogP contribution is -2.92. The van der Waals surface area contributed by atoms with E-state index in [0.717, 1.165) is 0 Å². The Kier molecular flexibility index (Phi) is 9.67. The van der Waals surface area contributed by atoms with Crippen LogP contribution in [0.15, 0.2) is 122 Å². The molecule has 0 amide bonds. The van der Waals surface area contributed by atoms with Gasteiger partial charge in [-0.15, -0.1) is 6.58 Å². The zero-order valence-electron chi connectivity index (χ0n) is 26.8. The number of aliphatic hydroxyl groups is 6. The normalized spacial score (nSPS) is 30.4. The molecule has 1 saturated carbocycles. The van der Waals surface area contributed by atoms with E-state index >= 15 is 0 Å². The molecular formula is C39H44O8. The highest BCUT2D eigenvalue weighted by molar-refractivity contribution is 5.42. The van der Waals surface area contributed by atoms with Crippen LogP contribution in [0.3, 0.4) is 0 Å². The summed E-state index contributed by atoms with van der Waals surface area (Å²) < 4.78 is 10.6. The number of rotatable bonds is 12. The topological polar surface area (TPSA) is 140 Å². The van der Waals surface area contributed by atoms with Gasteiger partial charge in [0.1, 0.15) is 45.6 Å². The maximum Gasteiger partial charge on any atom is 0.132 e. The fourth-order valence-corrected chi connectivity index (χ4v) is 7.42. The average molecular weight is 641 g/mol. The third-order valence-electron chi connectivity index (χ3n) is 10.0. The lowest BCUT2D eigenvalue weighted by atomic mass is 9.44. The van der Waals surface area contributed by atoms with Crippen LogP contribution in [0.4, 0.5) is 0 Å². The van der Waals surface area contributed by atoms with Crippen molar-refractivity contribution in [1.82, 2.24) is 0 Å². The largest absolute Gasteiger partial charge is 0.497 e. The molecule has 248 valence electrons. The van der Waals surface area contributed by atoms with E-state index in [0.29, 0.717) is 33.8 Å². The minimum absolute atomic E-state index is 0.373. The summed E-state index contributed by atoms with van der Waals surface area (Å²) in [6.45, 7) is 3.78. The van der Waals surface area contributed by atoms with Gasteiger partial charge in [0.25, 0.3) is 0 Å². The molecule has 8 nitrogen and oxygen atoms in total. The molecule has 0 radical (unpaired) electrons. The van der Waals surface area contributed by atoms with Gasteiger partial charge in [-0.05, 0) is 52.9 Å². The molecule has 1 aliphatic rings. The third kappa shape index (κ3) is 5.75. The highest BCUT2D eigenvalue weighted by Crippen LogP contribution is 2.59. The molecule has 5 rings (SSSR count). The molecule has 0 saturated heterocycles. The first kappa shape index (κ1) is 34.3. The van der Waals surface area contributed by atoms with Gasteiger partial charge < -0.3 is 40.1 Å². The van der Waals surface area contributed by atoms with Gasteiger partial charge in [-0.1, -0.05) is 91.0 Å². The summed E-state index contributed by atoms with van der Waals surface area (Å²) in [6, 6.07) is 30.9. The Labute approximate surface area is 275 Å². The van der Waals surface area contributed by atoms with E-state index in [-0.39, 0.29) is 12.8 Å². The monoisotopic (exact) mass is 640 g/mol. The quantitative estimate of drug-likeness (QED) is 0.129. The summed E-state index contributed by atoms with van der Waals surface area (Å²) in [5.74, 6) is 1.11. The maximum absolute atomic E-state index is 13.4. The molecule has 6 atom stereocenters. The summed E-state index contributed by atoms with van der Waals surface area (Å²) >= 11 is 0. The predicted octanol–water partition coefficient (Wildman–Crippen LogP) is 3.58. The highest BCUT2D eigenvalue weighted by Gasteiger charge is 2.82. The molecule has 0 spiro atoms. The van der Waals surface area contributed by atoms with Crippen molar-refractivity contribution in [3.63, 3.8) is 0 Å². The highest BCUT2D eigenvalue weighted by atomic mass is 16.5. The number of aliphatic hydroxyl groups excluding tert-OH is 1. The standard InChI is InChI=1S/C39H44O8/c1-4-23-35(41)34(40)36(42,24-30-15-19-32(46-2)20-16-30)38(44,26-31-17-21-33(47-3)22-18-31)39(45,27-29-13-9-6-10-14-29)37(35,43)25-28-11-7-5-8-12-28/h4-22,34,40-45H,1,23-27H2,2-3H3/t34-,35+,36-,37-,38+,39+/m1/s1. The lowest BCUT2D eigenvalue weighted by Gasteiger charge is -2.69. The molecule has 4 aromatic rings. The number of methoxy groups -OCH3 is 2. The van der Waals surface area contributed by atoms with Crippen molar-refractivity contribution in [3.8, 4) is 11.5 Å². The number of ether oxygens (including phenoxy) is 2. The van der Waals surface area contributed by atoms with Crippen LogP contribution in [0.1, 0.15) is 28.7 Å². The van der Waals surface area contributed by atoms with Gasteiger partial charge in [-0.2, -0.15) is 0 Å². The second-order valence-electron chi connectivity index (χ2n) is 12.7.